The third-order valence-electron chi connectivity index (χ3n) is 2.43. The van der Waals surface area contributed by atoms with Crippen LogP contribution in [0.5, 0.6) is 5.75 Å². The Morgan fingerprint density at radius 1 is 1.52 bits per heavy atom. The topological polar surface area (TPSA) is 70.6 Å². The van der Waals surface area contributed by atoms with Gasteiger partial charge in [-0.3, -0.25) is 10.1 Å². The summed E-state index contributed by atoms with van der Waals surface area (Å²) < 4.78 is 6.33. The number of halogens is 1. The van der Waals surface area contributed by atoms with Crippen LogP contribution in [0.1, 0.15) is 30.6 Å². The van der Waals surface area contributed by atoms with E-state index in [9.17, 15) is 4.79 Å². The molecule has 1 aromatic carbocycles. The van der Waals surface area contributed by atoms with E-state index in [1.807, 2.05) is 13.0 Å². The van der Waals surface area contributed by atoms with Gasteiger partial charge >= 0.3 is 0 Å². The van der Waals surface area contributed by atoms with Gasteiger partial charge in [-0.15, -0.1) is 0 Å². The first-order valence-electron chi connectivity index (χ1n) is 6.63. The van der Waals surface area contributed by atoms with Crippen LogP contribution < -0.4 is 15.4 Å². The predicted octanol–water partition coefficient (Wildman–Crippen LogP) is 2.22. The van der Waals surface area contributed by atoms with Crippen LogP contribution in [0.4, 0.5) is 0 Å². The van der Waals surface area contributed by atoms with Crippen molar-refractivity contribution in [3.05, 3.63) is 28.2 Å². The highest BCUT2D eigenvalue weighted by Gasteiger charge is 2.14. The predicted molar refractivity (Wildman–Crippen MR) is 89.7 cm³/mol. The molecular weight excluding hydrogens is 356 g/mol. The van der Waals surface area contributed by atoms with Crippen molar-refractivity contribution in [1.82, 2.24) is 10.6 Å². The van der Waals surface area contributed by atoms with Crippen LogP contribution in [-0.4, -0.2) is 35.4 Å². The van der Waals surface area contributed by atoms with Gasteiger partial charge in [-0.05, 0) is 43.8 Å². The minimum Gasteiger partial charge on any atom is -0.493 e. The molecule has 1 aromatic rings. The summed E-state index contributed by atoms with van der Waals surface area (Å²) in [6.45, 7) is 4.43. The van der Waals surface area contributed by atoms with Crippen molar-refractivity contribution in [3.8, 4) is 5.75 Å². The first kappa shape index (κ1) is 17.9. The zero-order valence-corrected chi connectivity index (χ0v) is 14.4. The number of hydrogen-bond acceptors (Lipinski definition) is 4. The monoisotopic (exact) mass is 374 g/mol. The average molecular weight is 375 g/mol. The molecule has 116 valence electrons. The SMILES string of the molecule is CCCOc1ccc(Br)cc1C(=O)NC(=S)NCC(C)O. The Morgan fingerprint density at radius 2 is 2.24 bits per heavy atom. The maximum atomic E-state index is 12.2. The molecule has 0 saturated heterocycles. The molecule has 7 heteroatoms. The largest absolute Gasteiger partial charge is 0.493 e. The molecule has 3 N–H and O–H groups in total. The van der Waals surface area contributed by atoms with Gasteiger partial charge in [0.1, 0.15) is 5.75 Å². The molecule has 0 aliphatic carbocycles. The second-order valence-electron chi connectivity index (χ2n) is 4.50. The summed E-state index contributed by atoms with van der Waals surface area (Å²) >= 11 is 8.34. The van der Waals surface area contributed by atoms with Gasteiger partial charge in [0.25, 0.3) is 5.91 Å². The molecule has 0 spiro atoms. The van der Waals surface area contributed by atoms with Crippen LogP contribution in [0.15, 0.2) is 22.7 Å². The fraction of sp³-hybridized carbons (Fsp3) is 0.429. The second kappa shape index (κ2) is 8.96. The van der Waals surface area contributed by atoms with Crippen molar-refractivity contribution in [3.63, 3.8) is 0 Å². The fourth-order valence-corrected chi connectivity index (χ4v) is 2.01. The molecule has 0 bridgehead atoms. The molecule has 5 nitrogen and oxygen atoms in total. The lowest BCUT2D eigenvalue weighted by molar-refractivity contribution is 0.0972. The van der Waals surface area contributed by atoms with E-state index in [4.69, 9.17) is 22.1 Å². The Bertz CT molecular complexity index is 509. The van der Waals surface area contributed by atoms with Gasteiger partial charge in [0.05, 0.1) is 18.3 Å². The number of nitrogens with one attached hydrogen (secondary N) is 2. The van der Waals surface area contributed by atoms with E-state index >= 15 is 0 Å². The van der Waals surface area contributed by atoms with Crippen molar-refractivity contribution >= 4 is 39.2 Å². The lowest BCUT2D eigenvalue weighted by Gasteiger charge is -2.13. The number of thiocarbonyl (C=S) groups is 1. The molecule has 21 heavy (non-hydrogen) atoms. The lowest BCUT2D eigenvalue weighted by Crippen LogP contribution is -2.41. The molecular formula is C14H19BrN2O3S. The maximum Gasteiger partial charge on any atom is 0.261 e. The minimum atomic E-state index is -0.547. The second-order valence-corrected chi connectivity index (χ2v) is 5.83. The molecule has 0 radical (unpaired) electrons. The first-order valence-corrected chi connectivity index (χ1v) is 7.83. The van der Waals surface area contributed by atoms with Gasteiger partial charge in [0, 0.05) is 11.0 Å². The van der Waals surface area contributed by atoms with Gasteiger partial charge in [-0.25, -0.2) is 0 Å². The molecule has 1 rings (SSSR count). The lowest BCUT2D eigenvalue weighted by atomic mass is 10.2. The number of carbonyl (C=O) groups is 1. The van der Waals surface area contributed by atoms with Crippen molar-refractivity contribution in [2.45, 2.75) is 26.4 Å². The third-order valence-corrected chi connectivity index (χ3v) is 3.17. The van der Waals surface area contributed by atoms with E-state index < -0.39 is 6.10 Å². The minimum absolute atomic E-state index is 0.169. The molecule has 0 heterocycles. The Kier molecular flexibility index (Phi) is 7.63. The zero-order valence-electron chi connectivity index (χ0n) is 12.0. The van der Waals surface area contributed by atoms with Gasteiger partial charge in [0.2, 0.25) is 0 Å². The van der Waals surface area contributed by atoms with E-state index in [1.54, 1.807) is 19.1 Å². The Balaban J connectivity index is 2.76. The van der Waals surface area contributed by atoms with Crippen LogP contribution in [0.25, 0.3) is 0 Å². The number of ether oxygens (including phenoxy) is 1. The highest BCUT2D eigenvalue weighted by atomic mass is 79.9. The van der Waals surface area contributed by atoms with E-state index in [-0.39, 0.29) is 17.6 Å². The average Bonchev–Trinajstić information content (AvgIpc) is 2.43. The summed E-state index contributed by atoms with van der Waals surface area (Å²) in [5.41, 5.74) is 0.402. The van der Waals surface area contributed by atoms with E-state index in [0.29, 0.717) is 17.9 Å². The van der Waals surface area contributed by atoms with Crippen LogP contribution >= 0.6 is 28.1 Å². The standard InChI is InChI=1S/C14H19BrN2O3S/c1-3-6-20-12-5-4-10(15)7-11(12)13(19)17-14(21)16-8-9(2)18/h4-5,7,9,18H,3,6,8H2,1-2H3,(H2,16,17,19,21). The number of aliphatic hydroxyl groups excluding tert-OH is 1. The van der Waals surface area contributed by atoms with Crippen molar-refractivity contribution in [1.29, 1.82) is 0 Å². The van der Waals surface area contributed by atoms with E-state index in [2.05, 4.69) is 26.6 Å². The summed E-state index contributed by atoms with van der Waals surface area (Å²) in [5.74, 6) is 0.154. The number of amides is 1. The zero-order chi connectivity index (χ0) is 15.8. The number of benzene rings is 1. The summed E-state index contributed by atoms with van der Waals surface area (Å²) in [6, 6.07) is 5.23. The fourth-order valence-electron chi connectivity index (χ4n) is 1.47. The number of hydrogen-bond donors (Lipinski definition) is 3. The smallest absolute Gasteiger partial charge is 0.261 e. The van der Waals surface area contributed by atoms with Crippen molar-refractivity contribution in [2.75, 3.05) is 13.2 Å². The van der Waals surface area contributed by atoms with Crippen molar-refractivity contribution < 1.29 is 14.6 Å². The molecule has 1 atom stereocenters. The van der Waals surface area contributed by atoms with Crippen LogP contribution in [0, 0.1) is 0 Å². The molecule has 0 aliphatic rings. The van der Waals surface area contributed by atoms with Crippen LogP contribution in [-0.2, 0) is 0 Å². The molecule has 0 fully saturated rings. The Hall–Kier alpha value is -1.18. The van der Waals surface area contributed by atoms with E-state index in [0.717, 1.165) is 10.9 Å². The van der Waals surface area contributed by atoms with Crippen LogP contribution in [0.3, 0.4) is 0 Å². The maximum absolute atomic E-state index is 12.2. The molecule has 0 aromatic heterocycles. The molecule has 1 unspecified atom stereocenters. The normalized spacial score (nSPS) is 11.6. The Morgan fingerprint density at radius 3 is 2.86 bits per heavy atom. The third kappa shape index (κ3) is 6.41. The van der Waals surface area contributed by atoms with Gasteiger partial charge < -0.3 is 15.2 Å². The number of aliphatic hydroxyl groups is 1. The summed E-state index contributed by atoms with van der Waals surface area (Å²) in [5, 5.41) is 14.7. The molecule has 0 aliphatic heterocycles. The number of carbonyl (C=O) groups excluding carboxylic acids is 1. The van der Waals surface area contributed by atoms with Gasteiger partial charge in [0.15, 0.2) is 5.11 Å². The summed E-state index contributed by atoms with van der Waals surface area (Å²) in [7, 11) is 0. The number of rotatable bonds is 6. The summed E-state index contributed by atoms with van der Waals surface area (Å²) in [4.78, 5) is 12.2. The molecule has 0 saturated carbocycles. The van der Waals surface area contributed by atoms with Gasteiger partial charge in [-0.2, -0.15) is 0 Å². The molecule has 1 amide bonds. The quantitative estimate of drug-likeness (QED) is 0.666. The Labute approximate surface area is 138 Å². The first-order chi connectivity index (χ1) is 9.93. The van der Waals surface area contributed by atoms with Crippen molar-refractivity contribution in [2.24, 2.45) is 0 Å². The highest BCUT2D eigenvalue weighted by molar-refractivity contribution is 9.10. The van der Waals surface area contributed by atoms with E-state index in [1.165, 1.54) is 0 Å². The summed E-state index contributed by atoms with van der Waals surface area (Å²) in [6.07, 6.45) is 0.306. The van der Waals surface area contributed by atoms with Crippen LogP contribution in [0.2, 0.25) is 0 Å². The highest BCUT2D eigenvalue weighted by Crippen LogP contribution is 2.23. The van der Waals surface area contributed by atoms with Gasteiger partial charge in [-0.1, -0.05) is 22.9 Å².